The lowest BCUT2D eigenvalue weighted by molar-refractivity contribution is -0.595. The van der Waals surface area contributed by atoms with Crippen molar-refractivity contribution in [3.8, 4) is 11.4 Å². The van der Waals surface area contributed by atoms with Gasteiger partial charge in [0.05, 0.1) is 6.61 Å². The predicted molar refractivity (Wildman–Crippen MR) is 80.0 cm³/mol. The van der Waals surface area contributed by atoms with Crippen molar-refractivity contribution in [2.45, 2.75) is 26.4 Å². The number of aromatic hydroxyl groups is 1. The van der Waals surface area contributed by atoms with E-state index in [0.717, 1.165) is 24.3 Å². The molecule has 1 aliphatic heterocycles. The van der Waals surface area contributed by atoms with Crippen molar-refractivity contribution in [3.63, 3.8) is 0 Å². The molecule has 21 heavy (non-hydrogen) atoms. The molecule has 1 aromatic heterocycles. The molecule has 0 radical (unpaired) electrons. The second-order valence-corrected chi connectivity index (χ2v) is 5.51. The lowest BCUT2D eigenvalue weighted by Crippen LogP contribution is -2.29. The number of benzene rings is 1. The zero-order valence-electron chi connectivity index (χ0n) is 12.3. The van der Waals surface area contributed by atoms with Crippen molar-refractivity contribution < 1.29 is 14.5 Å². The minimum absolute atomic E-state index is 0.283. The van der Waals surface area contributed by atoms with E-state index in [-0.39, 0.29) is 5.75 Å². The van der Waals surface area contributed by atoms with Gasteiger partial charge in [-0.1, -0.05) is 0 Å². The fourth-order valence-electron chi connectivity index (χ4n) is 2.50. The molecule has 2 heterocycles. The molecule has 0 atom stereocenters. The van der Waals surface area contributed by atoms with Gasteiger partial charge < -0.3 is 5.11 Å². The number of aryl methyl sites for hydroxylation is 1. The van der Waals surface area contributed by atoms with Gasteiger partial charge in [0.15, 0.2) is 12.4 Å². The Morgan fingerprint density at radius 3 is 2.57 bits per heavy atom. The highest BCUT2D eigenvalue weighted by molar-refractivity contribution is 5.39. The number of hydrogen-bond acceptors (Lipinski definition) is 3. The normalized spacial score (nSPS) is 15.5. The molecule has 0 unspecified atom stereocenters. The van der Waals surface area contributed by atoms with Crippen LogP contribution in [-0.2, 0) is 11.4 Å². The number of phenols is 1. The first-order valence-electron chi connectivity index (χ1n) is 7.40. The second-order valence-electron chi connectivity index (χ2n) is 5.51. The molecule has 110 valence electrons. The molecule has 4 nitrogen and oxygen atoms in total. The van der Waals surface area contributed by atoms with Crippen LogP contribution in [0.25, 0.3) is 5.69 Å². The van der Waals surface area contributed by atoms with Crippen LogP contribution in [0, 0.1) is 6.92 Å². The van der Waals surface area contributed by atoms with E-state index < -0.39 is 0 Å². The summed E-state index contributed by atoms with van der Waals surface area (Å²) in [4.78, 5) is 5.74. The van der Waals surface area contributed by atoms with Crippen LogP contribution in [0.3, 0.4) is 0 Å². The molecule has 0 aliphatic carbocycles. The quantitative estimate of drug-likeness (QED) is 0.877. The van der Waals surface area contributed by atoms with Gasteiger partial charge in [-0.15, -0.1) is 0 Å². The van der Waals surface area contributed by atoms with Gasteiger partial charge in [-0.25, -0.2) is 0 Å². The topological polar surface area (TPSA) is 36.6 Å². The molecule has 0 bridgehead atoms. The average Bonchev–Trinajstić information content (AvgIpc) is 3.01. The van der Waals surface area contributed by atoms with Crippen LogP contribution in [-0.4, -0.2) is 23.3 Å². The molecule has 2 aromatic rings. The Kier molecular flexibility index (Phi) is 4.18. The fourth-order valence-corrected chi connectivity index (χ4v) is 2.50. The van der Waals surface area contributed by atoms with Crippen LogP contribution in [0.4, 0.5) is 0 Å². The van der Waals surface area contributed by atoms with Crippen molar-refractivity contribution >= 4 is 0 Å². The zero-order chi connectivity index (χ0) is 14.7. The van der Waals surface area contributed by atoms with Crippen LogP contribution in [0.1, 0.15) is 24.0 Å². The molecule has 1 aliphatic rings. The van der Waals surface area contributed by atoms with Crippen LogP contribution in [0.2, 0.25) is 0 Å². The zero-order valence-corrected chi connectivity index (χ0v) is 12.3. The second kappa shape index (κ2) is 6.24. The Morgan fingerprint density at radius 2 is 1.86 bits per heavy atom. The highest BCUT2D eigenvalue weighted by Gasteiger charge is 2.14. The number of hydroxylamine groups is 2. The smallest absolute Gasteiger partial charge is 0.211 e. The molecule has 1 aromatic carbocycles. The maximum Gasteiger partial charge on any atom is 0.211 e. The molecule has 4 heteroatoms. The SMILES string of the molecule is Cc1cc[n+](-c2ccc(O)c(CON3CCCC3)c2)cc1. The first kappa shape index (κ1) is 14.0. The fraction of sp³-hybridized carbons (Fsp3) is 0.353. The molecule has 0 saturated carbocycles. The minimum atomic E-state index is 0.283. The summed E-state index contributed by atoms with van der Waals surface area (Å²) in [6.45, 7) is 4.43. The number of rotatable bonds is 4. The van der Waals surface area contributed by atoms with E-state index >= 15 is 0 Å². The van der Waals surface area contributed by atoms with E-state index in [1.807, 2.05) is 34.2 Å². The van der Waals surface area contributed by atoms with Crippen LogP contribution in [0.15, 0.2) is 42.7 Å². The van der Waals surface area contributed by atoms with Gasteiger partial charge in [0.2, 0.25) is 5.69 Å². The Labute approximate surface area is 125 Å². The van der Waals surface area contributed by atoms with Crippen LogP contribution >= 0.6 is 0 Å². The van der Waals surface area contributed by atoms with E-state index in [9.17, 15) is 5.11 Å². The van der Waals surface area contributed by atoms with Crippen molar-refractivity contribution in [2.24, 2.45) is 0 Å². The standard InChI is InChI=1S/C17H20N2O2/c1-14-6-10-18(11-7-14)16-4-5-17(20)15(12-16)13-21-19-8-2-3-9-19/h4-7,10-12H,2-3,8-9,13H2,1H3/p+1. The minimum Gasteiger partial charge on any atom is -0.508 e. The third kappa shape index (κ3) is 3.40. The van der Waals surface area contributed by atoms with Crippen LogP contribution in [0.5, 0.6) is 5.75 Å². The van der Waals surface area contributed by atoms with Crippen molar-refractivity contribution in [3.05, 3.63) is 53.9 Å². The Morgan fingerprint density at radius 1 is 1.14 bits per heavy atom. The molecular formula is C17H21N2O2+. The van der Waals surface area contributed by atoms with Gasteiger partial charge in [-0.3, -0.25) is 4.84 Å². The monoisotopic (exact) mass is 285 g/mol. The predicted octanol–water partition coefficient (Wildman–Crippen LogP) is 2.50. The van der Waals surface area contributed by atoms with E-state index in [0.29, 0.717) is 6.61 Å². The number of phenolic OH excluding ortho intramolecular Hbond substituents is 1. The first-order chi connectivity index (χ1) is 10.2. The highest BCUT2D eigenvalue weighted by Crippen LogP contribution is 2.21. The first-order valence-corrected chi connectivity index (χ1v) is 7.40. The summed E-state index contributed by atoms with van der Waals surface area (Å²) in [6, 6.07) is 9.73. The van der Waals surface area contributed by atoms with Crippen LogP contribution < -0.4 is 4.57 Å². The van der Waals surface area contributed by atoms with Gasteiger partial charge in [-0.05, 0) is 31.4 Å². The number of hydrogen-bond donors (Lipinski definition) is 1. The highest BCUT2D eigenvalue weighted by atomic mass is 16.7. The van der Waals surface area contributed by atoms with E-state index in [1.165, 1.54) is 18.4 Å². The third-order valence-electron chi connectivity index (χ3n) is 3.82. The summed E-state index contributed by atoms with van der Waals surface area (Å²) in [6.07, 6.45) is 6.41. The van der Waals surface area contributed by atoms with Gasteiger partial charge in [-0.2, -0.15) is 9.63 Å². The van der Waals surface area contributed by atoms with Crippen molar-refractivity contribution in [1.82, 2.24) is 5.06 Å². The number of pyridine rings is 1. The van der Waals surface area contributed by atoms with E-state index in [1.54, 1.807) is 6.07 Å². The summed E-state index contributed by atoms with van der Waals surface area (Å²) in [5.41, 5.74) is 3.06. The van der Waals surface area contributed by atoms with Gasteiger partial charge >= 0.3 is 0 Å². The molecule has 0 amide bonds. The Bertz CT molecular complexity index is 605. The lowest BCUT2D eigenvalue weighted by Gasteiger charge is -2.15. The molecule has 0 spiro atoms. The Hall–Kier alpha value is -1.91. The molecule has 1 N–H and O–H groups in total. The molecular weight excluding hydrogens is 264 g/mol. The maximum atomic E-state index is 9.99. The maximum absolute atomic E-state index is 9.99. The molecule has 1 fully saturated rings. The van der Waals surface area contributed by atoms with Crippen molar-refractivity contribution in [2.75, 3.05) is 13.1 Å². The Balaban J connectivity index is 1.77. The number of aromatic nitrogens is 1. The van der Waals surface area contributed by atoms with Gasteiger partial charge in [0.1, 0.15) is 5.75 Å². The summed E-state index contributed by atoms with van der Waals surface area (Å²) in [5, 5.41) is 12.0. The number of nitrogens with zero attached hydrogens (tertiary/aromatic N) is 2. The summed E-state index contributed by atoms with van der Waals surface area (Å²) in [5.74, 6) is 0.283. The van der Waals surface area contributed by atoms with Gasteiger partial charge in [0, 0.05) is 42.9 Å². The van der Waals surface area contributed by atoms with E-state index in [2.05, 4.69) is 19.1 Å². The largest absolute Gasteiger partial charge is 0.508 e. The lowest BCUT2D eigenvalue weighted by atomic mass is 10.2. The molecule has 1 saturated heterocycles. The third-order valence-corrected chi connectivity index (χ3v) is 3.82. The molecule has 3 rings (SSSR count). The van der Waals surface area contributed by atoms with Crippen molar-refractivity contribution in [1.29, 1.82) is 0 Å². The van der Waals surface area contributed by atoms with E-state index in [4.69, 9.17) is 4.84 Å². The average molecular weight is 285 g/mol. The summed E-state index contributed by atoms with van der Waals surface area (Å²) >= 11 is 0. The summed E-state index contributed by atoms with van der Waals surface area (Å²) in [7, 11) is 0. The summed E-state index contributed by atoms with van der Waals surface area (Å²) < 4.78 is 2.03. The van der Waals surface area contributed by atoms with Gasteiger partial charge in [0.25, 0.3) is 0 Å².